The molecule has 0 spiro atoms. The second-order valence-electron chi connectivity index (χ2n) is 21.3. The van der Waals surface area contributed by atoms with Gasteiger partial charge in [-0.1, -0.05) is 279 Å². The third kappa shape index (κ3) is 61.2. The highest BCUT2D eigenvalue weighted by molar-refractivity contribution is 5.71. The van der Waals surface area contributed by atoms with E-state index < -0.39 is 6.10 Å². The lowest BCUT2D eigenvalue weighted by molar-refractivity contribution is -0.167. The summed E-state index contributed by atoms with van der Waals surface area (Å²) in [4.78, 5) is 38.1. The smallest absolute Gasteiger partial charge is 0.306 e. The van der Waals surface area contributed by atoms with Crippen LogP contribution in [0.2, 0.25) is 0 Å². The van der Waals surface area contributed by atoms with Crippen molar-refractivity contribution < 1.29 is 28.6 Å². The molecule has 0 aromatic carbocycles. The third-order valence-electron chi connectivity index (χ3n) is 13.8. The predicted octanol–water partition coefficient (Wildman–Crippen LogP) is 22.0. The number of esters is 3. The van der Waals surface area contributed by atoms with Crippen LogP contribution in [0.25, 0.3) is 0 Å². The molecular formula is C70H120O6. The minimum absolute atomic E-state index is 0.0843. The number of ether oxygens (including phenoxy) is 3. The third-order valence-corrected chi connectivity index (χ3v) is 13.8. The maximum absolute atomic E-state index is 12.8. The SMILES string of the molecule is CC/C=C\C/C=C\C/C=C\C/C=C\CCCCCCCCCCCCCCCCCCCCCCC(=O)OCC(COC(=O)CCCCCCC/C=C\CCC)OC(=O)CCCCCCC/C=C\C/C=C\C/C=C\CC. The van der Waals surface area contributed by atoms with Gasteiger partial charge in [-0.05, 0) is 109 Å². The number of allylic oxidation sites excluding steroid dienone is 16. The Morgan fingerprint density at radius 1 is 0.276 bits per heavy atom. The zero-order valence-corrected chi connectivity index (χ0v) is 50.0. The molecule has 76 heavy (non-hydrogen) atoms. The zero-order valence-electron chi connectivity index (χ0n) is 50.0. The molecule has 0 saturated carbocycles. The minimum Gasteiger partial charge on any atom is -0.462 e. The maximum atomic E-state index is 12.8. The van der Waals surface area contributed by atoms with Gasteiger partial charge in [-0.15, -0.1) is 0 Å². The fourth-order valence-corrected chi connectivity index (χ4v) is 9.04. The highest BCUT2D eigenvalue weighted by Gasteiger charge is 2.19. The summed E-state index contributed by atoms with van der Waals surface area (Å²) in [7, 11) is 0. The summed E-state index contributed by atoms with van der Waals surface area (Å²) >= 11 is 0. The second-order valence-corrected chi connectivity index (χ2v) is 21.3. The fourth-order valence-electron chi connectivity index (χ4n) is 9.04. The van der Waals surface area contributed by atoms with E-state index in [1.807, 2.05) is 0 Å². The van der Waals surface area contributed by atoms with Crippen molar-refractivity contribution in [2.45, 2.75) is 316 Å². The van der Waals surface area contributed by atoms with E-state index in [1.165, 1.54) is 135 Å². The van der Waals surface area contributed by atoms with Crippen LogP contribution in [0.5, 0.6) is 0 Å². The van der Waals surface area contributed by atoms with Crippen molar-refractivity contribution in [1.82, 2.24) is 0 Å². The van der Waals surface area contributed by atoms with Crippen molar-refractivity contribution in [3.8, 4) is 0 Å². The van der Waals surface area contributed by atoms with Crippen LogP contribution in [-0.4, -0.2) is 37.2 Å². The van der Waals surface area contributed by atoms with Gasteiger partial charge in [0.05, 0.1) is 0 Å². The largest absolute Gasteiger partial charge is 0.462 e. The summed E-state index contributed by atoms with van der Waals surface area (Å²) < 4.78 is 16.8. The van der Waals surface area contributed by atoms with E-state index in [0.29, 0.717) is 19.3 Å². The Bertz CT molecular complexity index is 1490. The van der Waals surface area contributed by atoms with Gasteiger partial charge in [0.2, 0.25) is 0 Å². The first-order valence-corrected chi connectivity index (χ1v) is 32.2. The first-order chi connectivity index (χ1) is 37.5. The molecule has 6 heteroatoms. The van der Waals surface area contributed by atoms with E-state index in [0.717, 1.165) is 135 Å². The quantitative estimate of drug-likeness (QED) is 0.0261. The lowest BCUT2D eigenvalue weighted by Gasteiger charge is -2.18. The standard InChI is InChI=1S/C70H120O6/c1-4-7-10-13-16-19-22-24-26-27-28-29-30-31-32-33-34-35-36-37-38-39-40-41-42-43-45-46-48-51-54-57-60-63-69(72)75-66-67(65-74-68(71)62-59-56-53-50-21-18-15-12-9-6-3)76-70(73)64-61-58-55-52-49-47-44-25-23-20-17-14-11-8-5-2/h7-8,10-12,15-17,19-20,24-26,28-29,44,67H,4-6,9,13-14,18,21-23,27,30-43,45-66H2,1-3H3/b10-7-,11-8-,15-12-,19-16-,20-17-,26-24-,29-28-,44-25-. The van der Waals surface area contributed by atoms with Crippen molar-refractivity contribution in [2.24, 2.45) is 0 Å². The van der Waals surface area contributed by atoms with Gasteiger partial charge < -0.3 is 14.2 Å². The van der Waals surface area contributed by atoms with Gasteiger partial charge in [-0.2, -0.15) is 0 Å². The Labute approximate surface area is 470 Å². The molecule has 1 unspecified atom stereocenters. The molecule has 0 radical (unpaired) electrons. The number of hydrogen-bond acceptors (Lipinski definition) is 6. The summed E-state index contributed by atoms with van der Waals surface area (Å²) in [5, 5.41) is 0. The molecule has 0 heterocycles. The maximum Gasteiger partial charge on any atom is 0.306 e. The Kier molecular flexibility index (Phi) is 60.8. The Hall–Kier alpha value is -3.67. The van der Waals surface area contributed by atoms with Gasteiger partial charge in [0, 0.05) is 19.3 Å². The van der Waals surface area contributed by atoms with Crippen molar-refractivity contribution in [3.05, 3.63) is 97.2 Å². The molecule has 0 aromatic heterocycles. The van der Waals surface area contributed by atoms with Gasteiger partial charge >= 0.3 is 17.9 Å². The summed E-state index contributed by atoms with van der Waals surface area (Å²) in [5.74, 6) is -0.904. The number of carbonyl (C=O) groups excluding carboxylic acids is 3. The van der Waals surface area contributed by atoms with Crippen LogP contribution in [0.15, 0.2) is 97.2 Å². The number of rotatable bonds is 58. The molecule has 0 aromatic rings. The van der Waals surface area contributed by atoms with Crippen LogP contribution in [-0.2, 0) is 28.6 Å². The van der Waals surface area contributed by atoms with E-state index in [9.17, 15) is 14.4 Å². The molecule has 0 saturated heterocycles. The molecule has 436 valence electrons. The second kappa shape index (κ2) is 63.9. The number of carbonyl (C=O) groups is 3. The van der Waals surface area contributed by atoms with Crippen LogP contribution >= 0.6 is 0 Å². The van der Waals surface area contributed by atoms with Crippen LogP contribution in [0, 0.1) is 0 Å². The molecule has 0 fully saturated rings. The lowest BCUT2D eigenvalue weighted by Crippen LogP contribution is -2.30. The molecule has 0 bridgehead atoms. The first-order valence-electron chi connectivity index (χ1n) is 32.2. The topological polar surface area (TPSA) is 78.9 Å². The van der Waals surface area contributed by atoms with Crippen LogP contribution in [0.3, 0.4) is 0 Å². The van der Waals surface area contributed by atoms with Gasteiger partial charge in [-0.3, -0.25) is 14.4 Å². The first kappa shape index (κ1) is 72.3. The molecule has 0 aliphatic carbocycles. The van der Waals surface area contributed by atoms with Gasteiger partial charge in [-0.25, -0.2) is 0 Å². The van der Waals surface area contributed by atoms with Crippen LogP contribution < -0.4 is 0 Å². The highest BCUT2D eigenvalue weighted by Crippen LogP contribution is 2.17. The van der Waals surface area contributed by atoms with Crippen molar-refractivity contribution in [1.29, 1.82) is 0 Å². The molecular weight excluding hydrogens is 937 g/mol. The average Bonchev–Trinajstić information content (AvgIpc) is 3.42. The lowest BCUT2D eigenvalue weighted by atomic mass is 10.0. The van der Waals surface area contributed by atoms with E-state index in [-0.39, 0.29) is 31.1 Å². The predicted molar refractivity (Wildman–Crippen MR) is 330 cm³/mol. The zero-order chi connectivity index (χ0) is 55.0. The molecule has 0 N–H and O–H groups in total. The van der Waals surface area contributed by atoms with Gasteiger partial charge in [0.1, 0.15) is 13.2 Å². The number of unbranched alkanes of at least 4 members (excludes halogenated alkanes) is 31. The molecule has 0 rings (SSSR count). The monoisotopic (exact) mass is 1060 g/mol. The van der Waals surface area contributed by atoms with Gasteiger partial charge in [0.25, 0.3) is 0 Å². The summed E-state index contributed by atoms with van der Waals surface area (Å²) in [6.45, 7) is 6.35. The number of hydrogen-bond donors (Lipinski definition) is 0. The van der Waals surface area contributed by atoms with Crippen molar-refractivity contribution in [3.63, 3.8) is 0 Å². The normalized spacial score (nSPS) is 12.7. The van der Waals surface area contributed by atoms with Crippen molar-refractivity contribution >= 4 is 17.9 Å². The molecule has 0 aliphatic rings. The van der Waals surface area contributed by atoms with E-state index in [1.54, 1.807) is 0 Å². The average molecular weight is 1060 g/mol. The van der Waals surface area contributed by atoms with Crippen LogP contribution in [0.1, 0.15) is 310 Å². The summed E-state index contributed by atoms with van der Waals surface area (Å²) in [6, 6.07) is 0. The molecule has 0 aliphatic heterocycles. The molecule has 0 amide bonds. The van der Waals surface area contributed by atoms with Gasteiger partial charge in [0.15, 0.2) is 6.10 Å². The Morgan fingerprint density at radius 3 is 0.816 bits per heavy atom. The van der Waals surface area contributed by atoms with Crippen LogP contribution in [0.4, 0.5) is 0 Å². The van der Waals surface area contributed by atoms with E-state index in [4.69, 9.17) is 14.2 Å². The summed E-state index contributed by atoms with van der Waals surface area (Å²) in [5.41, 5.74) is 0. The summed E-state index contributed by atoms with van der Waals surface area (Å²) in [6.07, 6.45) is 85.9. The molecule has 6 nitrogen and oxygen atoms in total. The molecule has 1 atom stereocenters. The Balaban J connectivity index is 4.08. The fraction of sp³-hybridized carbons (Fsp3) is 0.729. The van der Waals surface area contributed by atoms with E-state index in [2.05, 4.69) is 118 Å². The van der Waals surface area contributed by atoms with E-state index >= 15 is 0 Å². The van der Waals surface area contributed by atoms with Crippen molar-refractivity contribution in [2.75, 3.05) is 13.2 Å². The minimum atomic E-state index is -0.788. The highest BCUT2D eigenvalue weighted by atomic mass is 16.6. The Morgan fingerprint density at radius 2 is 0.513 bits per heavy atom.